The molecular formula is C18H20F3N5O2S+2. The number of carbonyl (C=O) groups is 1. The van der Waals surface area contributed by atoms with Crippen LogP contribution in [0.2, 0.25) is 0 Å². The van der Waals surface area contributed by atoms with Gasteiger partial charge in [0, 0.05) is 6.07 Å². The van der Waals surface area contributed by atoms with Crippen LogP contribution in [-0.2, 0) is 4.74 Å². The van der Waals surface area contributed by atoms with Crippen molar-refractivity contribution in [3.05, 3.63) is 24.0 Å². The number of terminal acetylenes is 1. The topological polar surface area (TPSA) is 61.0 Å². The molecule has 0 aliphatic carbocycles. The molecule has 7 nitrogen and oxygen atoms in total. The number of alkyl halides is 2. The van der Waals surface area contributed by atoms with Crippen molar-refractivity contribution in [2.45, 2.75) is 12.5 Å². The number of benzene rings is 1. The number of ether oxygens (including phenoxy) is 1. The number of amides is 1. The fourth-order valence-electron chi connectivity index (χ4n) is 3.04. The average Bonchev–Trinajstić information content (AvgIpc) is 3.07. The van der Waals surface area contributed by atoms with Crippen LogP contribution in [0.25, 0.3) is 0 Å². The van der Waals surface area contributed by atoms with Gasteiger partial charge >= 0.3 is 6.09 Å². The molecule has 3 rings (SSSR count). The molecule has 0 spiro atoms. The van der Waals surface area contributed by atoms with E-state index in [1.165, 1.54) is 11.0 Å². The largest absolute Gasteiger partial charge is 0.442 e. The molecule has 1 fully saturated rings. The Hall–Kier alpha value is -2.84. The van der Waals surface area contributed by atoms with Crippen molar-refractivity contribution >= 4 is 41.0 Å². The van der Waals surface area contributed by atoms with Crippen LogP contribution in [0.3, 0.4) is 0 Å². The second kappa shape index (κ2) is 9.11. The van der Waals surface area contributed by atoms with Crippen LogP contribution in [0.5, 0.6) is 0 Å². The van der Waals surface area contributed by atoms with E-state index in [0.29, 0.717) is 31.0 Å². The summed E-state index contributed by atoms with van der Waals surface area (Å²) in [6.45, 7) is 1.83. The Bertz CT molecular complexity index is 874. The predicted molar refractivity (Wildman–Crippen MR) is 104 cm³/mol. The van der Waals surface area contributed by atoms with Crippen LogP contribution in [0.15, 0.2) is 18.2 Å². The molecule has 0 saturated carbocycles. The molecule has 2 aliphatic rings. The number of hydrogen-bond donors (Lipinski definition) is 3. The van der Waals surface area contributed by atoms with Gasteiger partial charge in [-0.2, -0.15) is 5.01 Å². The van der Waals surface area contributed by atoms with Crippen LogP contribution in [0.4, 0.5) is 29.3 Å². The van der Waals surface area contributed by atoms with E-state index in [9.17, 15) is 18.0 Å². The molecule has 0 aromatic heterocycles. The third-order valence-corrected chi connectivity index (χ3v) is 4.85. The Labute approximate surface area is 171 Å². The van der Waals surface area contributed by atoms with E-state index < -0.39 is 29.4 Å². The maximum absolute atomic E-state index is 14.7. The normalized spacial score (nSPS) is 21.3. The molecule has 2 heterocycles. The van der Waals surface area contributed by atoms with E-state index in [1.54, 1.807) is 23.0 Å². The zero-order chi connectivity index (χ0) is 21.0. The highest BCUT2D eigenvalue weighted by Crippen LogP contribution is 2.27. The van der Waals surface area contributed by atoms with Gasteiger partial charge in [0.25, 0.3) is 12.8 Å². The molecule has 1 aromatic carbocycles. The highest BCUT2D eigenvalue weighted by atomic mass is 32.1. The molecule has 2 atom stereocenters. The van der Waals surface area contributed by atoms with Crippen LogP contribution in [-0.4, -0.2) is 67.2 Å². The fraction of sp³-hybridized carbons (Fsp3) is 0.389. The van der Waals surface area contributed by atoms with Gasteiger partial charge in [-0.3, -0.25) is 4.90 Å². The van der Waals surface area contributed by atoms with E-state index in [1.807, 2.05) is 0 Å². The Morgan fingerprint density at radius 2 is 2.34 bits per heavy atom. The fourth-order valence-corrected chi connectivity index (χ4v) is 3.12. The highest BCUT2D eigenvalue weighted by molar-refractivity contribution is 7.80. The lowest BCUT2D eigenvalue weighted by Gasteiger charge is -2.18. The van der Waals surface area contributed by atoms with Gasteiger partial charge in [0.15, 0.2) is 24.6 Å². The second-order valence-corrected chi connectivity index (χ2v) is 6.94. The van der Waals surface area contributed by atoms with Gasteiger partial charge < -0.3 is 10.1 Å². The van der Waals surface area contributed by atoms with Crippen molar-refractivity contribution in [3.8, 4) is 12.3 Å². The Kier molecular flexibility index (Phi) is 6.56. The lowest BCUT2D eigenvalue weighted by molar-refractivity contribution is -0.941. The summed E-state index contributed by atoms with van der Waals surface area (Å²) in [6, 6.07) is 4.41. The van der Waals surface area contributed by atoms with Gasteiger partial charge in [0.1, 0.15) is 17.6 Å². The maximum atomic E-state index is 14.7. The Balaban J connectivity index is 1.65. The second-order valence-electron chi connectivity index (χ2n) is 6.50. The standard InChI is InChI=1S/C18H18F3N5O2S/c1-2-5-25-7-6-24(11-23-25)15-4-3-12(8-14(15)19)26-10-13(28-18(26)27)9-22-17(29)16(20)21/h1,3-4,8,11,13,16H,5-7,9-10H2,(H,22,29)/p+2/t13-/m0/s1. The number of halogens is 3. The van der Waals surface area contributed by atoms with Crippen LogP contribution in [0.1, 0.15) is 0 Å². The average molecular weight is 427 g/mol. The van der Waals surface area contributed by atoms with E-state index in [2.05, 4.69) is 28.9 Å². The zero-order valence-corrected chi connectivity index (χ0v) is 16.1. The third kappa shape index (κ3) is 4.96. The monoisotopic (exact) mass is 427 g/mol. The minimum absolute atomic E-state index is 0.0448. The van der Waals surface area contributed by atoms with E-state index in [-0.39, 0.29) is 13.1 Å². The van der Waals surface area contributed by atoms with Crippen molar-refractivity contribution in [1.29, 1.82) is 0 Å². The molecule has 0 bridgehead atoms. The number of thiocarbonyl (C=S) groups is 1. The number of quaternary nitrogens is 1. The van der Waals surface area contributed by atoms with Gasteiger partial charge in [0.05, 0.1) is 18.8 Å². The molecule has 29 heavy (non-hydrogen) atoms. The van der Waals surface area contributed by atoms with Crippen molar-refractivity contribution < 1.29 is 32.3 Å². The molecule has 1 amide bonds. The quantitative estimate of drug-likeness (QED) is 0.340. The zero-order valence-electron chi connectivity index (χ0n) is 15.3. The lowest BCUT2D eigenvalue weighted by atomic mass is 10.2. The number of cyclic esters (lactones) is 1. The summed E-state index contributed by atoms with van der Waals surface area (Å²) in [4.78, 5) is 12.7. The number of nitrogens with zero attached hydrogens (tertiary/aromatic N) is 2. The first-order chi connectivity index (χ1) is 13.9. The van der Waals surface area contributed by atoms with Gasteiger partial charge in [0.2, 0.25) is 0 Å². The third-order valence-electron chi connectivity index (χ3n) is 4.52. The summed E-state index contributed by atoms with van der Waals surface area (Å²) in [5, 5.41) is 3.36. The number of nitrogens with one attached hydrogen (secondary N) is 3. The molecule has 2 aliphatic heterocycles. The van der Waals surface area contributed by atoms with Crippen molar-refractivity contribution in [1.82, 2.24) is 10.7 Å². The molecule has 1 saturated heterocycles. The minimum Gasteiger partial charge on any atom is -0.442 e. The first-order valence-corrected chi connectivity index (χ1v) is 9.28. The smallest absolute Gasteiger partial charge is 0.414 e. The van der Waals surface area contributed by atoms with E-state index in [4.69, 9.17) is 11.2 Å². The van der Waals surface area contributed by atoms with Gasteiger partial charge in [-0.05, 0) is 18.1 Å². The van der Waals surface area contributed by atoms with Crippen molar-refractivity contribution in [3.63, 3.8) is 0 Å². The molecule has 1 unspecified atom stereocenters. The molecule has 3 N–H and O–H groups in total. The lowest BCUT2D eigenvalue weighted by Crippen LogP contribution is -3.20. The summed E-state index contributed by atoms with van der Waals surface area (Å²) < 4.78 is 46.4. The summed E-state index contributed by atoms with van der Waals surface area (Å²) in [6.07, 6.45) is 2.82. The summed E-state index contributed by atoms with van der Waals surface area (Å²) in [5.41, 5.74) is 3.74. The summed E-state index contributed by atoms with van der Waals surface area (Å²) in [7, 11) is 0. The molecule has 0 radical (unpaired) electrons. The first-order valence-electron chi connectivity index (χ1n) is 8.87. The van der Waals surface area contributed by atoms with E-state index >= 15 is 0 Å². The number of hydrogen-bond acceptors (Lipinski definition) is 4. The van der Waals surface area contributed by atoms with Crippen LogP contribution in [0, 0.1) is 18.2 Å². The van der Waals surface area contributed by atoms with Crippen molar-refractivity contribution in [2.24, 2.45) is 0 Å². The highest BCUT2D eigenvalue weighted by Gasteiger charge is 2.33. The summed E-state index contributed by atoms with van der Waals surface area (Å²) >= 11 is 4.49. The number of carbonyl (C=O) groups excluding carboxylic acids is 1. The number of rotatable bonds is 6. The first kappa shape index (κ1) is 20.9. The van der Waals surface area contributed by atoms with Crippen molar-refractivity contribution in [2.75, 3.05) is 37.6 Å². The predicted octanol–water partition coefficient (Wildman–Crippen LogP) is 0.0416. The van der Waals surface area contributed by atoms with E-state index in [0.717, 1.165) is 5.01 Å². The van der Waals surface area contributed by atoms with Crippen LogP contribution < -0.4 is 20.7 Å². The maximum Gasteiger partial charge on any atom is 0.414 e. The SMILES string of the molecule is C#CC[NH+]1CC[N+](c2ccc(N3C[C@H](CNC(=S)C(F)F)OC3=O)cc2F)=CN1. The van der Waals surface area contributed by atoms with Gasteiger partial charge in [-0.1, -0.05) is 12.2 Å². The summed E-state index contributed by atoms with van der Waals surface area (Å²) in [5.74, 6) is 2.05. The van der Waals surface area contributed by atoms with Crippen LogP contribution >= 0.6 is 12.2 Å². The van der Waals surface area contributed by atoms with Gasteiger partial charge in [-0.15, -0.1) is 11.8 Å². The molecule has 154 valence electrons. The molecule has 11 heteroatoms. The minimum atomic E-state index is -2.78. The molecule has 1 aromatic rings. The Morgan fingerprint density at radius 3 is 2.97 bits per heavy atom. The molecular weight excluding hydrogens is 407 g/mol. The van der Waals surface area contributed by atoms with Gasteiger partial charge in [-0.25, -0.2) is 22.5 Å². The number of anilines is 1. The Morgan fingerprint density at radius 1 is 1.55 bits per heavy atom.